The van der Waals surface area contributed by atoms with E-state index in [9.17, 15) is 4.79 Å². The third kappa shape index (κ3) is 4.35. The number of anilines is 1. The monoisotopic (exact) mass is 392 g/mol. The van der Waals surface area contributed by atoms with Crippen LogP contribution in [0, 0.1) is 0 Å². The Labute approximate surface area is 166 Å². The van der Waals surface area contributed by atoms with Crippen LogP contribution in [-0.2, 0) is 11.2 Å². The number of aromatic nitrogens is 1. The molecule has 0 aliphatic heterocycles. The number of fused-ring (bicyclic) bond motifs is 1. The average Bonchev–Trinajstić information content (AvgIpc) is 3.15. The highest BCUT2D eigenvalue weighted by Crippen LogP contribution is 2.27. The summed E-state index contributed by atoms with van der Waals surface area (Å²) in [5, 5.41) is 8.57. The first-order valence-corrected chi connectivity index (χ1v) is 9.92. The van der Waals surface area contributed by atoms with Crippen molar-refractivity contribution in [1.29, 1.82) is 0 Å². The summed E-state index contributed by atoms with van der Waals surface area (Å²) in [5.41, 5.74) is 3.01. The van der Waals surface area contributed by atoms with Crippen LogP contribution in [0.25, 0.3) is 22.0 Å². The fourth-order valence-corrected chi connectivity index (χ4v) is 3.76. The molecular formula is C22H17ClN2OS. The van der Waals surface area contributed by atoms with Gasteiger partial charge in [-0.05, 0) is 41.0 Å². The van der Waals surface area contributed by atoms with Crippen LogP contribution < -0.4 is 5.32 Å². The Morgan fingerprint density at radius 1 is 1.00 bits per heavy atom. The SMILES string of the molecule is O=C(CCc1ccc(Cl)cc1)Nc1nc(-c2ccc3ccccc3c2)cs1. The van der Waals surface area contributed by atoms with E-state index in [-0.39, 0.29) is 5.91 Å². The Hall–Kier alpha value is -2.69. The van der Waals surface area contributed by atoms with Crippen LogP contribution in [0.5, 0.6) is 0 Å². The molecule has 27 heavy (non-hydrogen) atoms. The number of carbonyl (C=O) groups excluding carboxylic acids is 1. The molecule has 0 unspecified atom stereocenters. The van der Waals surface area contributed by atoms with Crippen molar-refractivity contribution in [3.63, 3.8) is 0 Å². The zero-order chi connectivity index (χ0) is 18.6. The van der Waals surface area contributed by atoms with E-state index in [1.165, 1.54) is 22.1 Å². The van der Waals surface area contributed by atoms with E-state index < -0.39 is 0 Å². The highest BCUT2D eigenvalue weighted by molar-refractivity contribution is 7.14. The Morgan fingerprint density at radius 3 is 2.59 bits per heavy atom. The number of benzene rings is 3. The molecule has 5 heteroatoms. The normalized spacial score (nSPS) is 10.9. The van der Waals surface area contributed by atoms with Crippen LogP contribution >= 0.6 is 22.9 Å². The van der Waals surface area contributed by atoms with E-state index in [0.29, 0.717) is 23.0 Å². The smallest absolute Gasteiger partial charge is 0.226 e. The molecule has 0 spiro atoms. The molecule has 0 atom stereocenters. The molecule has 0 saturated heterocycles. The number of thiazole rings is 1. The first-order chi connectivity index (χ1) is 13.2. The van der Waals surface area contributed by atoms with Crippen molar-refractivity contribution in [3.8, 4) is 11.3 Å². The van der Waals surface area contributed by atoms with E-state index in [4.69, 9.17) is 11.6 Å². The molecule has 0 aliphatic rings. The molecule has 1 amide bonds. The van der Waals surface area contributed by atoms with Crippen molar-refractivity contribution in [3.05, 3.63) is 82.7 Å². The van der Waals surface area contributed by atoms with Crippen LogP contribution in [0.4, 0.5) is 5.13 Å². The molecule has 0 aliphatic carbocycles. The summed E-state index contributed by atoms with van der Waals surface area (Å²) in [4.78, 5) is 16.8. The fourth-order valence-electron chi connectivity index (χ4n) is 2.90. The number of hydrogen-bond donors (Lipinski definition) is 1. The van der Waals surface area contributed by atoms with E-state index in [1.807, 2.05) is 41.8 Å². The van der Waals surface area contributed by atoms with Gasteiger partial charge in [0.25, 0.3) is 0 Å². The highest BCUT2D eigenvalue weighted by Gasteiger charge is 2.09. The van der Waals surface area contributed by atoms with Gasteiger partial charge in [-0.2, -0.15) is 0 Å². The third-order valence-electron chi connectivity index (χ3n) is 4.35. The molecule has 0 bridgehead atoms. The van der Waals surface area contributed by atoms with E-state index >= 15 is 0 Å². The molecule has 3 nitrogen and oxygen atoms in total. The number of nitrogens with zero attached hydrogens (tertiary/aromatic N) is 1. The van der Waals surface area contributed by atoms with Crippen molar-refractivity contribution in [2.75, 3.05) is 5.32 Å². The number of hydrogen-bond acceptors (Lipinski definition) is 3. The Bertz CT molecular complexity index is 1090. The second-order valence-electron chi connectivity index (χ2n) is 6.27. The molecule has 134 valence electrons. The van der Waals surface area contributed by atoms with Gasteiger partial charge >= 0.3 is 0 Å². The molecule has 0 saturated carbocycles. The molecular weight excluding hydrogens is 376 g/mol. The lowest BCUT2D eigenvalue weighted by Crippen LogP contribution is -2.12. The van der Waals surface area contributed by atoms with Crippen LogP contribution in [-0.4, -0.2) is 10.9 Å². The van der Waals surface area contributed by atoms with Gasteiger partial charge in [-0.1, -0.05) is 60.1 Å². The number of rotatable bonds is 5. The van der Waals surface area contributed by atoms with Crippen molar-refractivity contribution in [2.24, 2.45) is 0 Å². The zero-order valence-corrected chi connectivity index (χ0v) is 16.1. The average molecular weight is 393 g/mol. The number of amides is 1. The Kier molecular flexibility index (Phi) is 5.19. The summed E-state index contributed by atoms with van der Waals surface area (Å²) in [5.74, 6) is -0.0376. The summed E-state index contributed by atoms with van der Waals surface area (Å²) in [6, 6.07) is 22.1. The van der Waals surface area contributed by atoms with Gasteiger partial charge in [0.15, 0.2) is 5.13 Å². The van der Waals surface area contributed by atoms with Gasteiger partial charge < -0.3 is 5.32 Å². The van der Waals surface area contributed by atoms with Crippen LogP contribution in [0.2, 0.25) is 5.02 Å². The lowest BCUT2D eigenvalue weighted by atomic mass is 10.1. The van der Waals surface area contributed by atoms with Gasteiger partial charge in [-0.25, -0.2) is 4.98 Å². The maximum atomic E-state index is 12.2. The second kappa shape index (κ2) is 7.91. The number of carbonyl (C=O) groups is 1. The third-order valence-corrected chi connectivity index (χ3v) is 5.36. The van der Waals surface area contributed by atoms with Gasteiger partial charge in [0.2, 0.25) is 5.91 Å². The van der Waals surface area contributed by atoms with Crippen molar-refractivity contribution in [1.82, 2.24) is 4.98 Å². The van der Waals surface area contributed by atoms with E-state index in [1.54, 1.807) is 0 Å². The first-order valence-electron chi connectivity index (χ1n) is 8.66. The predicted molar refractivity (Wildman–Crippen MR) is 113 cm³/mol. The lowest BCUT2D eigenvalue weighted by Gasteiger charge is -2.03. The summed E-state index contributed by atoms with van der Waals surface area (Å²) in [6.45, 7) is 0. The van der Waals surface area contributed by atoms with Crippen LogP contribution in [0.15, 0.2) is 72.1 Å². The molecule has 1 N–H and O–H groups in total. The van der Waals surface area contributed by atoms with E-state index in [2.05, 4.69) is 40.6 Å². The van der Waals surface area contributed by atoms with Crippen molar-refractivity contribution >= 4 is 44.7 Å². The van der Waals surface area contributed by atoms with Gasteiger partial charge in [-0.3, -0.25) is 4.79 Å². The predicted octanol–water partition coefficient (Wildman–Crippen LogP) is 6.19. The number of halogens is 1. The standard InChI is InChI=1S/C22H17ClN2OS/c23-19-10-5-15(6-11-19)7-12-21(26)25-22-24-20(14-27-22)18-9-8-16-3-1-2-4-17(16)13-18/h1-6,8-11,13-14H,7,12H2,(H,24,25,26). The second-order valence-corrected chi connectivity index (χ2v) is 7.57. The molecule has 1 aromatic heterocycles. The fraction of sp³-hybridized carbons (Fsp3) is 0.0909. The first kappa shape index (κ1) is 17.7. The maximum Gasteiger partial charge on any atom is 0.226 e. The minimum absolute atomic E-state index is 0.0376. The van der Waals surface area contributed by atoms with Crippen LogP contribution in [0.1, 0.15) is 12.0 Å². The summed E-state index contributed by atoms with van der Waals surface area (Å²) in [6.07, 6.45) is 1.08. The van der Waals surface area contributed by atoms with Crippen molar-refractivity contribution in [2.45, 2.75) is 12.8 Å². The quantitative estimate of drug-likeness (QED) is 0.440. The van der Waals surface area contributed by atoms with Gasteiger partial charge in [0.1, 0.15) is 0 Å². The minimum atomic E-state index is -0.0376. The molecule has 4 aromatic rings. The summed E-state index contributed by atoms with van der Waals surface area (Å²) < 4.78 is 0. The molecule has 1 heterocycles. The zero-order valence-electron chi connectivity index (χ0n) is 14.5. The Morgan fingerprint density at radius 2 is 1.78 bits per heavy atom. The molecule has 0 radical (unpaired) electrons. The van der Waals surface area contributed by atoms with Gasteiger partial charge in [0.05, 0.1) is 5.69 Å². The topological polar surface area (TPSA) is 42.0 Å². The van der Waals surface area contributed by atoms with Gasteiger partial charge in [-0.15, -0.1) is 11.3 Å². The maximum absolute atomic E-state index is 12.2. The number of nitrogens with one attached hydrogen (secondary N) is 1. The highest BCUT2D eigenvalue weighted by atomic mass is 35.5. The molecule has 4 rings (SSSR count). The molecule has 3 aromatic carbocycles. The summed E-state index contributed by atoms with van der Waals surface area (Å²) >= 11 is 7.32. The largest absolute Gasteiger partial charge is 0.302 e. The minimum Gasteiger partial charge on any atom is -0.302 e. The lowest BCUT2D eigenvalue weighted by molar-refractivity contribution is -0.116. The van der Waals surface area contributed by atoms with Crippen molar-refractivity contribution < 1.29 is 4.79 Å². The van der Waals surface area contributed by atoms with Crippen LogP contribution in [0.3, 0.4) is 0 Å². The van der Waals surface area contributed by atoms with E-state index in [0.717, 1.165) is 16.8 Å². The summed E-state index contributed by atoms with van der Waals surface area (Å²) in [7, 11) is 0. The number of aryl methyl sites for hydroxylation is 1. The molecule has 0 fully saturated rings. The Balaban J connectivity index is 1.41. The van der Waals surface area contributed by atoms with Gasteiger partial charge in [0, 0.05) is 22.4 Å².